The fourth-order valence-corrected chi connectivity index (χ4v) is 9.11. The highest BCUT2D eigenvalue weighted by Gasteiger charge is 2.40. The number of aliphatic carboxylic acids is 2. The number of carbonyl (C=O) groups is 10. The number of benzene rings is 2. The molecule has 0 spiro atoms. The highest BCUT2D eigenvalue weighted by atomic mass is 32.2. The number of carboxylic acid groups (broad SMARTS) is 2. The quantitative estimate of drug-likeness (QED) is 0.0371. The van der Waals surface area contributed by atoms with Crippen LogP contribution in [0.4, 0.5) is 22.0 Å². The van der Waals surface area contributed by atoms with Gasteiger partial charge in [-0.1, -0.05) is 51.1 Å². The minimum Gasteiger partial charge on any atom is -0.481 e. The Labute approximate surface area is 448 Å². The zero-order chi connectivity index (χ0) is 59.7. The number of aliphatic hydroxyl groups is 1. The molecule has 2 heterocycles. The number of rotatable bonds is 27. The summed E-state index contributed by atoms with van der Waals surface area (Å²) in [5.41, 5.74) is 17.9. The van der Waals surface area contributed by atoms with Gasteiger partial charge < -0.3 is 57.5 Å². The second-order valence-electron chi connectivity index (χ2n) is 18.8. The Balaban J connectivity index is 0.00000219. The molecule has 0 fully saturated rings. The molecular weight excluding hydrogens is 1080 g/mol. The molecule has 0 saturated carbocycles. The van der Waals surface area contributed by atoms with Crippen LogP contribution in [0.5, 0.6) is 0 Å². The van der Waals surface area contributed by atoms with Gasteiger partial charge in [0.05, 0.1) is 30.0 Å². The molecule has 3 aromatic rings. The Bertz CT molecular complexity index is 2880. The highest BCUT2D eigenvalue weighted by Crippen LogP contribution is 2.41. The number of nitrogens with zero attached hydrogens (tertiary/aromatic N) is 4. The molecule has 30 heteroatoms. The first kappa shape index (κ1) is 65.2. The number of primary amides is 2. The van der Waals surface area contributed by atoms with E-state index < -0.39 is 173 Å². The van der Waals surface area contributed by atoms with Crippen LogP contribution >= 0.6 is 0 Å². The summed E-state index contributed by atoms with van der Waals surface area (Å²) in [4.78, 5) is 125. The zero-order valence-corrected chi connectivity index (χ0v) is 43.6. The van der Waals surface area contributed by atoms with E-state index in [0.29, 0.717) is 21.1 Å². The molecule has 432 valence electrons. The Kier molecular flexibility index (Phi) is 23.5. The molecule has 1 aliphatic rings. The SMILES string of the molecule is CC(C)(C)[C@H](c1cc(-c2cc(F)ccc2F)cn1Cc1ccccc1)N(CC[C@H](N)C(=O)NCCS(=O)(=O)CCN(C(=O)[C@H](CC(N)=O)NC(=O)CN1C(=O)C=CC1=O)[C@H](CCC(=O)O)C(N)=O)C(=O)CO.O=C(O)C(F)(F)F. The van der Waals surface area contributed by atoms with E-state index >= 15 is 4.39 Å². The molecule has 1 aliphatic heterocycles. The molecule has 79 heavy (non-hydrogen) atoms. The lowest BCUT2D eigenvalue weighted by Crippen LogP contribution is -2.58. The Morgan fingerprint density at radius 3 is 1.97 bits per heavy atom. The molecule has 11 N–H and O–H groups in total. The molecule has 0 aliphatic carbocycles. The minimum absolute atomic E-state index is 0.0328. The van der Waals surface area contributed by atoms with E-state index in [1.807, 2.05) is 51.1 Å². The summed E-state index contributed by atoms with van der Waals surface area (Å²) in [5.74, 6) is -15.4. The number of aromatic nitrogens is 1. The summed E-state index contributed by atoms with van der Waals surface area (Å²) >= 11 is 0. The van der Waals surface area contributed by atoms with Crippen LogP contribution in [0.3, 0.4) is 0 Å². The van der Waals surface area contributed by atoms with Gasteiger partial charge in [-0.3, -0.25) is 48.1 Å². The molecule has 2 aromatic carbocycles. The van der Waals surface area contributed by atoms with Crippen LogP contribution in [0.2, 0.25) is 0 Å². The van der Waals surface area contributed by atoms with Crippen molar-refractivity contribution in [2.45, 2.75) is 83.3 Å². The van der Waals surface area contributed by atoms with Crippen molar-refractivity contribution in [1.29, 1.82) is 0 Å². The average molecular weight is 1140 g/mol. The summed E-state index contributed by atoms with van der Waals surface area (Å²) in [5, 5.41) is 31.2. The third-order valence-corrected chi connectivity index (χ3v) is 13.3. The first-order valence-electron chi connectivity index (χ1n) is 23.7. The van der Waals surface area contributed by atoms with E-state index in [2.05, 4.69) is 10.6 Å². The van der Waals surface area contributed by atoms with Gasteiger partial charge in [0.1, 0.15) is 36.9 Å². The number of carbonyl (C=O) groups excluding carboxylic acids is 8. The van der Waals surface area contributed by atoms with Crippen molar-refractivity contribution < 1.29 is 93.6 Å². The molecule has 1 aromatic heterocycles. The molecular formula is C49H60F5N9O15S. The maximum atomic E-state index is 15.2. The van der Waals surface area contributed by atoms with Crippen molar-refractivity contribution >= 4 is 69.0 Å². The third-order valence-electron chi connectivity index (χ3n) is 11.7. The predicted octanol–water partition coefficient (Wildman–Crippen LogP) is 0.104. The van der Waals surface area contributed by atoms with Crippen LogP contribution in [0.15, 0.2) is 72.9 Å². The smallest absolute Gasteiger partial charge is 0.481 e. The zero-order valence-electron chi connectivity index (χ0n) is 42.8. The fourth-order valence-electron chi connectivity index (χ4n) is 8.01. The Morgan fingerprint density at radius 2 is 1.44 bits per heavy atom. The largest absolute Gasteiger partial charge is 0.490 e. The number of nitrogens with one attached hydrogen (secondary N) is 2. The van der Waals surface area contributed by atoms with Crippen LogP contribution in [0.1, 0.15) is 63.8 Å². The normalized spacial score (nSPS) is 14.0. The first-order chi connectivity index (χ1) is 36.7. The van der Waals surface area contributed by atoms with Crippen LogP contribution in [0, 0.1) is 17.0 Å². The highest BCUT2D eigenvalue weighted by molar-refractivity contribution is 7.91. The lowest BCUT2D eigenvalue weighted by Gasteiger charge is -2.41. The van der Waals surface area contributed by atoms with Crippen molar-refractivity contribution in [3.05, 3.63) is 95.8 Å². The van der Waals surface area contributed by atoms with E-state index in [1.54, 1.807) is 16.8 Å². The number of hydrogen-bond donors (Lipinski definition) is 8. The van der Waals surface area contributed by atoms with E-state index in [0.717, 1.165) is 35.9 Å². The molecule has 0 radical (unpaired) electrons. The molecule has 0 bridgehead atoms. The van der Waals surface area contributed by atoms with Crippen molar-refractivity contribution in [2.75, 3.05) is 44.3 Å². The van der Waals surface area contributed by atoms with Gasteiger partial charge in [-0.25, -0.2) is 22.0 Å². The second-order valence-corrected chi connectivity index (χ2v) is 21.1. The fraction of sp³-hybridized carbons (Fsp3) is 0.429. The topological polar surface area (TPSA) is 382 Å². The van der Waals surface area contributed by atoms with Crippen molar-refractivity contribution in [1.82, 2.24) is 29.9 Å². The number of carboxylic acids is 2. The predicted molar refractivity (Wildman–Crippen MR) is 267 cm³/mol. The number of hydrogen-bond acceptors (Lipinski definition) is 14. The minimum atomic E-state index is -5.08. The van der Waals surface area contributed by atoms with Gasteiger partial charge in [0.25, 0.3) is 11.8 Å². The second kappa shape index (κ2) is 28.5. The van der Waals surface area contributed by atoms with Crippen LogP contribution in [0.25, 0.3) is 11.1 Å². The maximum Gasteiger partial charge on any atom is 0.490 e. The van der Waals surface area contributed by atoms with E-state index in [4.69, 9.17) is 27.1 Å². The van der Waals surface area contributed by atoms with Gasteiger partial charge in [0.2, 0.25) is 35.4 Å². The van der Waals surface area contributed by atoms with Crippen molar-refractivity contribution in [3.63, 3.8) is 0 Å². The molecule has 0 saturated heterocycles. The number of imide groups is 1. The number of halogens is 5. The molecule has 8 amide bonds. The summed E-state index contributed by atoms with van der Waals surface area (Å²) in [6.45, 7) is 2.26. The number of amides is 8. The summed E-state index contributed by atoms with van der Waals surface area (Å²) in [6, 6.07) is 7.94. The van der Waals surface area contributed by atoms with E-state index in [-0.39, 0.29) is 25.1 Å². The Morgan fingerprint density at radius 1 is 0.835 bits per heavy atom. The van der Waals surface area contributed by atoms with Gasteiger partial charge >= 0.3 is 18.1 Å². The summed E-state index contributed by atoms with van der Waals surface area (Å²) < 4.78 is 89.9. The van der Waals surface area contributed by atoms with Crippen LogP contribution in [-0.2, 0) is 64.3 Å². The lowest BCUT2D eigenvalue weighted by molar-refractivity contribution is -0.192. The van der Waals surface area contributed by atoms with Crippen LogP contribution < -0.4 is 27.8 Å². The monoisotopic (exact) mass is 1140 g/mol. The molecule has 4 rings (SSSR count). The van der Waals surface area contributed by atoms with Gasteiger partial charge in [-0.05, 0) is 48.1 Å². The van der Waals surface area contributed by atoms with Gasteiger partial charge in [0, 0.05) is 67.8 Å². The maximum absolute atomic E-state index is 15.2. The van der Waals surface area contributed by atoms with Crippen molar-refractivity contribution in [3.8, 4) is 11.1 Å². The average Bonchev–Trinajstić information content (AvgIpc) is 3.90. The summed E-state index contributed by atoms with van der Waals surface area (Å²) in [6.07, 6.45) is -4.18. The van der Waals surface area contributed by atoms with Gasteiger partial charge in [0.15, 0.2) is 9.84 Å². The number of aliphatic hydroxyl groups excluding tert-OH is 1. The van der Waals surface area contributed by atoms with Gasteiger partial charge in [-0.2, -0.15) is 13.2 Å². The molecule has 4 atom stereocenters. The lowest BCUT2D eigenvalue weighted by atomic mass is 9.82. The van der Waals surface area contributed by atoms with Crippen LogP contribution in [-0.4, -0.2) is 171 Å². The van der Waals surface area contributed by atoms with E-state index in [9.17, 15) is 79.3 Å². The summed E-state index contributed by atoms with van der Waals surface area (Å²) in [7, 11) is -4.28. The standard InChI is InChI=1S/C47H59F2N9O13S.C2HF3O2/c1-47(2,3)43(36-21-29(31-22-30(48)9-10-32(31)49)25-55(36)24-28-7-5-4-6-8-28)57(41(64)27-59)17-15-33(50)45(68)53-16-19-72(70,71)20-18-56(35(44(52)67)11-14-42(65)66)46(69)34(23-37(51)60)54-38(61)26-58-39(62)12-13-40(58)63;3-2(4,5)1(6)7/h4-10,12-13,21-22,25,33-35,43,59H,11,14-20,23-24,26-27,50H2,1-3H3,(H2,51,60)(H2,52,67)(H,53,68)(H,54,61)(H,65,66);(H,6,7)/t33-,34-,35+,43-;/m0./s1. The molecule has 0 unspecified atom stereocenters. The third kappa shape index (κ3) is 20.0. The first-order valence-corrected chi connectivity index (χ1v) is 25.6. The van der Waals surface area contributed by atoms with E-state index in [1.165, 1.54) is 4.90 Å². The van der Waals surface area contributed by atoms with Gasteiger partial charge in [-0.15, -0.1) is 0 Å². The van der Waals surface area contributed by atoms with Crippen molar-refractivity contribution in [2.24, 2.45) is 22.6 Å². The molecule has 24 nitrogen and oxygen atoms in total. The number of nitrogens with two attached hydrogens (primary N) is 3. The Hall–Kier alpha value is -8.12. The number of sulfone groups is 1. The number of alkyl halides is 3.